The number of amides is 3. The molecule has 0 radical (unpaired) electrons. The van der Waals surface area contributed by atoms with Gasteiger partial charge in [-0.1, -0.05) is 91.0 Å². The van der Waals surface area contributed by atoms with E-state index < -0.39 is 24.1 Å². The molecule has 0 spiro atoms. The van der Waals surface area contributed by atoms with Gasteiger partial charge in [0.1, 0.15) is 12.1 Å². The Hall–Kier alpha value is -4.95. The maximum Gasteiger partial charge on any atom is 0.256 e. The van der Waals surface area contributed by atoms with Crippen LogP contribution in [0.15, 0.2) is 103 Å². The molecule has 1 aliphatic heterocycles. The lowest BCUT2D eigenvalue weighted by Gasteiger charge is -2.28. The van der Waals surface area contributed by atoms with Crippen molar-refractivity contribution in [2.75, 3.05) is 13.6 Å². The van der Waals surface area contributed by atoms with Gasteiger partial charge in [-0.15, -0.1) is 0 Å². The van der Waals surface area contributed by atoms with Crippen molar-refractivity contribution in [1.82, 2.24) is 19.7 Å². The molecule has 8 nitrogen and oxygen atoms in total. The number of aryl methyl sites for hydroxylation is 1. The monoisotopic (exact) mass is 588 g/mol. The van der Waals surface area contributed by atoms with Crippen LogP contribution < -0.4 is 5.32 Å². The largest absolute Gasteiger partial charge is 0.391 e. The van der Waals surface area contributed by atoms with Gasteiger partial charge in [-0.3, -0.25) is 14.4 Å². The molecule has 2 heterocycles. The smallest absolute Gasteiger partial charge is 0.256 e. The molecule has 8 heteroatoms. The molecule has 1 saturated heterocycles. The van der Waals surface area contributed by atoms with Crippen molar-refractivity contribution in [2.24, 2.45) is 7.05 Å². The van der Waals surface area contributed by atoms with E-state index in [9.17, 15) is 19.5 Å². The first-order chi connectivity index (χ1) is 21.3. The van der Waals surface area contributed by atoms with Crippen LogP contribution in [0.25, 0.3) is 21.7 Å². The molecular formula is C36H36N4O4. The first kappa shape index (κ1) is 29.1. The second-order valence-electron chi connectivity index (χ2n) is 11.6. The van der Waals surface area contributed by atoms with Gasteiger partial charge in [0.05, 0.1) is 11.7 Å². The number of para-hydroxylation sites is 1. The highest BCUT2D eigenvalue weighted by Gasteiger charge is 2.41. The molecular weight excluding hydrogens is 552 g/mol. The highest BCUT2D eigenvalue weighted by atomic mass is 16.3. The number of carbonyl (C=O) groups is 3. The molecule has 1 fully saturated rings. The summed E-state index contributed by atoms with van der Waals surface area (Å²) in [6.07, 6.45) is 1.28. The molecule has 0 saturated carbocycles. The summed E-state index contributed by atoms with van der Waals surface area (Å²) in [6.45, 7) is 0.422. The normalized spacial score (nSPS) is 17.1. The van der Waals surface area contributed by atoms with Crippen LogP contribution in [0.1, 0.15) is 27.9 Å². The molecule has 0 aliphatic carbocycles. The summed E-state index contributed by atoms with van der Waals surface area (Å²) >= 11 is 0. The number of aliphatic hydroxyl groups is 1. The zero-order chi connectivity index (χ0) is 30.8. The Morgan fingerprint density at radius 3 is 2.39 bits per heavy atom. The summed E-state index contributed by atoms with van der Waals surface area (Å²) in [5, 5.41) is 16.5. The van der Waals surface area contributed by atoms with E-state index in [1.165, 1.54) is 4.90 Å². The van der Waals surface area contributed by atoms with Crippen LogP contribution in [0.2, 0.25) is 0 Å². The van der Waals surface area contributed by atoms with E-state index in [-0.39, 0.29) is 31.2 Å². The topological polar surface area (TPSA) is 94.9 Å². The van der Waals surface area contributed by atoms with Crippen LogP contribution >= 0.6 is 0 Å². The van der Waals surface area contributed by atoms with Gasteiger partial charge in [-0.2, -0.15) is 0 Å². The number of hydrogen-bond acceptors (Lipinski definition) is 4. The van der Waals surface area contributed by atoms with Crippen molar-refractivity contribution in [3.05, 3.63) is 120 Å². The molecule has 3 amide bonds. The summed E-state index contributed by atoms with van der Waals surface area (Å²) in [5.74, 6) is -1.01. The van der Waals surface area contributed by atoms with Gasteiger partial charge >= 0.3 is 0 Å². The number of aliphatic hydroxyl groups excluding tert-OH is 1. The molecule has 2 N–H and O–H groups in total. The predicted molar refractivity (Wildman–Crippen MR) is 171 cm³/mol. The molecule has 5 aromatic rings. The average molecular weight is 589 g/mol. The SMILES string of the molecule is CN(Cc1ccccc1)C(=O)C(Cc1cccc2ccccc12)NC(=O)C1CC(O)CN1C(=O)c1cn(C)c2ccccc12. The van der Waals surface area contributed by atoms with E-state index in [2.05, 4.69) is 5.32 Å². The van der Waals surface area contributed by atoms with E-state index in [1.54, 1.807) is 18.1 Å². The van der Waals surface area contributed by atoms with Crippen LogP contribution in [-0.2, 0) is 29.6 Å². The van der Waals surface area contributed by atoms with Crippen molar-refractivity contribution in [3.63, 3.8) is 0 Å². The zero-order valence-corrected chi connectivity index (χ0v) is 24.9. The third kappa shape index (κ3) is 5.81. The summed E-state index contributed by atoms with van der Waals surface area (Å²) in [6, 6.07) is 29.4. The average Bonchev–Trinajstić information content (AvgIpc) is 3.60. The van der Waals surface area contributed by atoms with Crippen LogP contribution in [0.5, 0.6) is 0 Å². The molecule has 3 unspecified atom stereocenters. The number of likely N-dealkylation sites (tertiary alicyclic amines) is 1. The number of likely N-dealkylation sites (N-methyl/N-ethyl adjacent to an activating group) is 1. The quantitative estimate of drug-likeness (QED) is 0.283. The van der Waals surface area contributed by atoms with Gasteiger partial charge in [0.15, 0.2) is 0 Å². The molecule has 4 aromatic carbocycles. The van der Waals surface area contributed by atoms with Crippen molar-refractivity contribution in [2.45, 2.75) is 37.6 Å². The number of nitrogens with zero attached hydrogens (tertiary/aromatic N) is 3. The van der Waals surface area contributed by atoms with E-state index in [1.807, 2.05) is 109 Å². The van der Waals surface area contributed by atoms with E-state index in [0.29, 0.717) is 12.1 Å². The fraction of sp³-hybridized carbons (Fsp3) is 0.250. The van der Waals surface area contributed by atoms with Gasteiger partial charge in [-0.05, 0) is 28.0 Å². The zero-order valence-electron chi connectivity index (χ0n) is 24.9. The minimum atomic E-state index is -0.918. The van der Waals surface area contributed by atoms with Crippen LogP contribution in [0, 0.1) is 0 Å². The van der Waals surface area contributed by atoms with Gasteiger partial charge in [0.2, 0.25) is 11.8 Å². The maximum atomic E-state index is 14.0. The minimum absolute atomic E-state index is 0.0377. The maximum absolute atomic E-state index is 14.0. The van der Waals surface area contributed by atoms with Gasteiger partial charge in [0.25, 0.3) is 5.91 Å². The second kappa shape index (κ2) is 12.3. The van der Waals surface area contributed by atoms with Crippen molar-refractivity contribution in [1.29, 1.82) is 0 Å². The summed E-state index contributed by atoms with van der Waals surface area (Å²) < 4.78 is 1.88. The number of hydrogen-bond donors (Lipinski definition) is 2. The fourth-order valence-corrected chi connectivity index (χ4v) is 6.31. The second-order valence-corrected chi connectivity index (χ2v) is 11.6. The number of nitrogens with one attached hydrogen (secondary N) is 1. The van der Waals surface area contributed by atoms with Crippen molar-refractivity contribution in [3.8, 4) is 0 Å². The summed E-state index contributed by atoms with van der Waals surface area (Å²) in [4.78, 5) is 44.8. The summed E-state index contributed by atoms with van der Waals surface area (Å²) in [5.41, 5.74) is 3.29. The Labute approximate surface area is 256 Å². The molecule has 1 aliphatic rings. The number of fused-ring (bicyclic) bond motifs is 2. The highest BCUT2D eigenvalue weighted by molar-refractivity contribution is 6.08. The standard InChI is InChI=1S/C36H36N4O4/c1-38-23-30(29-17-8-9-18-32(29)38)35(43)40-22-27(41)20-33(40)34(42)37-31(36(44)39(2)21-24-11-4-3-5-12-24)19-26-15-10-14-25-13-6-7-16-28(25)26/h3-18,23,27,31,33,41H,19-22H2,1-2H3,(H,37,42). The van der Waals surface area contributed by atoms with Crippen molar-refractivity contribution >= 4 is 39.4 Å². The minimum Gasteiger partial charge on any atom is -0.391 e. The lowest BCUT2D eigenvalue weighted by atomic mass is 9.97. The number of benzene rings is 4. The number of carbonyl (C=O) groups excluding carboxylic acids is 3. The Kier molecular flexibility index (Phi) is 8.17. The Morgan fingerprint density at radius 1 is 0.909 bits per heavy atom. The Bertz CT molecular complexity index is 1830. The van der Waals surface area contributed by atoms with Gasteiger partial charge in [0, 0.05) is 57.1 Å². The first-order valence-corrected chi connectivity index (χ1v) is 14.9. The third-order valence-corrected chi connectivity index (χ3v) is 8.53. The third-order valence-electron chi connectivity index (χ3n) is 8.53. The highest BCUT2D eigenvalue weighted by Crippen LogP contribution is 2.27. The lowest BCUT2D eigenvalue weighted by Crippen LogP contribution is -2.54. The van der Waals surface area contributed by atoms with E-state index in [4.69, 9.17) is 0 Å². The fourth-order valence-electron chi connectivity index (χ4n) is 6.31. The number of β-amino-alcohol motifs (C(OH)–C–C–N with tert-alkyl or cyclic N) is 1. The van der Waals surface area contributed by atoms with Crippen LogP contribution in [0.3, 0.4) is 0 Å². The van der Waals surface area contributed by atoms with Gasteiger partial charge in [-0.25, -0.2) is 0 Å². The number of aromatic nitrogens is 1. The van der Waals surface area contributed by atoms with Crippen LogP contribution in [-0.4, -0.2) is 69.0 Å². The molecule has 44 heavy (non-hydrogen) atoms. The van der Waals surface area contributed by atoms with E-state index in [0.717, 1.165) is 32.8 Å². The summed E-state index contributed by atoms with van der Waals surface area (Å²) in [7, 11) is 3.60. The predicted octanol–water partition coefficient (Wildman–Crippen LogP) is 4.29. The molecule has 3 atom stereocenters. The Balaban J connectivity index is 1.28. The molecule has 6 rings (SSSR count). The van der Waals surface area contributed by atoms with Crippen LogP contribution in [0.4, 0.5) is 0 Å². The van der Waals surface area contributed by atoms with Crippen molar-refractivity contribution < 1.29 is 19.5 Å². The number of rotatable bonds is 8. The molecule has 224 valence electrons. The first-order valence-electron chi connectivity index (χ1n) is 14.9. The molecule has 1 aromatic heterocycles. The van der Waals surface area contributed by atoms with Gasteiger partial charge < -0.3 is 24.8 Å². The van der Waals surface area contributed by atoms with E-state index >= 15 is 0 Å². The molecule has 0 bridgehead atoms. The lowest BCUT2D eigenvalue weighted by molar-refractivity contribution is -0.136. The Morgan fingerprint density at radius 2 is 1.59 bits per heavy atom.